The maximum Gasteiger partial charge on any atom is 0.339 e. The van der Waals surface area contributed by atoms with Crippen molar-refractivity contribution in [2.75, 3.05) is 7.11 Å². The van der Waals surface area contributed by atoms with Gasteiger partial charge in [-0.3, -0.25) is 4.98 Å². The largest absolute Gasteiger partial charge is 0.465 e. The summed E-state index contributed by atoms with van der Waals surface area (Å²) in [6, 6.07) is 7.84. The zero-order valence-electron chi connectivity index (χ0n) is 13.5. The normalized spacial score (nSPS) is 11.3. The number of nitrogens with zero attached hydrogens (tertiary/aromatic N) is 4. The fourth-order valence-electron chi connectivity index (χ4n) is 3.01. The highest BCUT2D eigenvalue weighted by molar-refractivity contribution is 6.07. The second kappa shape index (κ2) is 5.16. The standard InChI is InChI=1S/C17H15N5O2/c1-9-16(22(2)21-20-9)10-4-5-12-13(6-10)19-14-7-11(17(23)24-3)8-18-15(12)14/h4-8,19H,1-3H3. The number of ether oxygens (including phenoxy) is 1. The molecule has 120 valence electrons. The van der Waals surface area contributed by atoms with Gasteiger partial charge in [-0.1, -0.05) is 11.3 Å². The van der Waals surface area contributed by atoms with Gasteiger partial charge in [0, 0.05) is 29.7 Å². The van der Waals surface area contributed by atoms with Gasteiger partial charge in [0.05, 0.1) is 35.1 Å². The Morgan fingerprint density at radius 3 is 2.79 bits per heavy atom. The molecule has 0 fully saturated rings. The molecule has 3 aromatic heterocycles. The highest BCUT2D eigenvalue weighted by Crippen LogP contribution is 2.29. The zero-order chi connectivity index (χ0) is 16.8. The summed E-state index contributed by atoms with van der Waals surface area (Å²) in [6.45, 7) is 1.93. The molecule has 0 bridgehead atoms. The Kier molecular flexibility index (Phi) is 3.09. The first-order valence-electron chi connectivity index (χ1n) is 7.45. The van der Waals surface area contributed by atoms with Crippen LogP contribution in [0.25, 0.3) is 33.2 Å². The minimum Gasteiger partial charge on any atom is -0.465 e. The van der Waals surface area contributed by atoms with Gasteiger partial charge in [0.2, 0.25) is 0 Å². The molecule has 0 atom stereocenters. The smallest absolute Gasteiger partial charge is 0.339 e. The van der Waals surface area contributed by atoms with Gasteiger partial charge in [-0.2, -0.15) is 0 Å². The van der Waals surface area contributed by atoms with Gasteiger partial charge >= 0.3 is 5.97 Å². The van der Waals surface area contributed by atoms with Crippen LogP contribution < -0.4 is 0 Å². The molecule has 0 unspecified atom stereocenters. The second-order valence-electron chi connectivity index (χ2n) is 5.64. The van der Waals surface area contributed by atoms with Crippen LogP contribution in [0.2, 0.25) is 0 Å². The summed E-state index contributed by atoms with van der Waals surface area (Å²) in [6.07, 6.45) is 1.53. The average molecular weight is 321 g/mol. The van der Waals surface area contributed by atoms with Crippen molar-refractivity contribution in [1.82, 2.24) is 25.0 Å². The lowest BCUT2D eigenvalue weighted by Crippen LogP contribution is -2.01. The van der Waals surface area contributed by atoms with Crippen molar-refractivity contribution in [2.45, 2.75) is 6.92 Å². The minimum absolute atomic E-state index is 0.402. The van der Waals surface area contributed by atoms with Crippen LogP contribution in [0.15, 0.2) is 30.5 Å². The number of nitrogens with one attached hydrogen (secondary N) is 1. The number of pyridine rings is 1. The van der Waals surface area contributed by atoms with Crippen molar-refractivity contribution < 1.29 is 9.53 Å². The van der Waals surface area contributed by atoms with Crippen LogP contribution in [0.1, 0.15) is 16.1 Å². The molecule has 1 N–H and O–H groups in total. The predicted molar refractivity (Wildman–Crippen MR) is 89.7 cm³/mol. The van der Waals surface area contributed by atoms with Crippen LogP contribution in [0.3, 0.4) is 0 Å². The minimum atomic E-state index is -0.402. The van der Waals surface area contributed by atoms with E-state index in [2.05, 4.69) is 20.3 Å². The summed E-state index contributed by atoms with van der Waals surface area (Å²) in [5.74, 6) is -0.402. The quantitative estimate of drug-likeness (QED) is 0.574. The number of aromatic nitrogens is 5. The molecule has 0 saturated carbocycles. The number of aromatic amines is 1. The number of benzene rings is 1. The number of H-pyrrole nitrogens is 1. The Hall–Kier alpha value is -3.22. The number of carbonyl (C=O) groups excluding carboxylic acids is 1. The molecule has 0 amide bonds. The molecule has 0 saturated heterocycles. The van der Waals surface area contributed by atoms with Gasteiger partial charge in [-0.25, -0.2) is 9.48 Å². The van der Waals surface area contributed by atoms with Gasteiger partial charge < -0.3 is 9.72 Å². The van der Waals surface area contributed by atoms with Crippen molar-refractivity contribution in [2.24, 2.45) is 7.05 Å². The molecule has 7 heteroatoms. The number of aryl methyl sites for hydroxylation is 2. The second-order valence-corrected chi connectivity index (χ2v) is 5.64. The van der Waals surface area contributed by atoms with Gasteiger partial charge in [0.25, 0.3) is 0 Å². The third-order valence-electron chi connectivity index (χ3n) is 4.12. The van der Waals surface area contributed by atoms with E-state index in [1.54, 1.807) is 10.7 Å². The molecule has 4 rings (SSSR count). The van der Waals surface area contributed by atoms with Crippen molar-refractivity contribution in [1.29, 1.82) is 0 Å². The summed E-state index contributed by atoms with van der Waals surface area (Å²) in [4.78, 5) is 19.4. The summed E-state index contributed by atoms with van der Waals surface area (Å²) in [7, 11) is 3.23. The summed E-state index contributed by atoms with van der Waals surface area (Å²) in [5.41, 5.74) is 5.85. The van der Waals surface area contributed by atoms with Crippen LogP contribution in [0.4, 0.5) is 0 Å². The third kappa shape index (κ3) is 2.05. The molecular formula is C17H15N5O2. The fourth-order valence-corrected chi connectivity index (χ4v) is 3.01. The molecule has 0 spiro atoms. The monoisotopic (exact) mass is 321 g/mol. The summed E-state index contributed by atoms with van der Waals surface area (Å²) < 4.78 is 6.50. The first-order valence-corrected chi connectivity index (χ1v) is 7.45. The molecule has 24 heavy (non-hydrogen) atoms. The van der Waals surface area contributed by atoms with Gasteiger partial charge in [0.1, 0.15) is 0 Å². The van der Waals surface area contributed by atoms with Crippen molar-refractivity contribution >= 4 is 27.9 Å². The van der Waals surface area contributed by atoms with E-state index in [0.717, 1.165) is 38.9 Å². The third-order valence-corrected chi connectivity index (χ3v) is 4.12. The van der Waals surface area contributed by atoms with Crippen molar-refractivity contribution in [3.05, 3.63) is 41.7 Å². The lowest BCUT2D eigenvalue weighted by Gasteiger charge is -2.02. The average Bonchev–Trinajstić information content (AvgIpc) is 3.12. The maximum absolute atomic E-state index is 11.7. The molecule has 4 aromatic rings. The van der Waals surface area contributed by atoms with E-state index in [0.29, 0.717) is 5.56 Å². The molecule has 7 nitrogen and oxygen atoms in total. The first-order chi connectivity index (χ1) is 11.6. The number of carbonyl (C=O) groups is 1. The Labute approximate surface area is 137 Å². The molecular weight excluding hydrogens is 306 g/mol. The van der Waals surface area contributed by atoms with Crippen LogP contribution in [0.5, 0.6) is 0 Å². The number of fused-ring (bicyclic) bond motifs is 3. The topological polar surface area (TPSA) is 85.7 Å². The van der Waals surface area contributed by atoms with E-state index in [1.165, 1.54) is 13.3 Å². The summed E-state index contributed by atoms with van der Waals surface area (Å²) >= 11 is 0. The van der Waals surface area contributed by atoms with E-state index >= 15 is 0 Å². The molecule has 0 radical (unpaired) electrons. The number of hydrogen-bond acceptors (Lipinski definition) is 5. The Bertz CT molecular complexity index is 1070. The number of esters is 1. The van der Waals surface area contributed by atoms with E-state index in [1.807, 2.05) is 32.2 Å². The highest BCUT2D eigenvalue weighted by atomic mass is 16.5. The fraction of sp³-hybridized carbons (Fsp3) is 0.176. The van der Waals surface area contributed by atoms with Gasteiger partial charge in [-0.15, -0.1) is 5.10 Å². The molecule has 1 aromatic carbocycles. The lowest BCUT2D eigenvalue weighted by atomic mass is 10.1. The Morgan fingerprint density at radius 2 is 2.08 bits per heavy atom. The van der Waals surface area contributed by atoms with Crippen LogP contribution >= 0.6 is 0 Å². The maximum atomic E-state index is 11.7. The zero-order valence-corrected chi connectivity index (χ0v) is 13.5. The van der Waals surface area contributed by atoms with E-state index < -0.39 is 5.97 Å². The molecule has 3 heterocycles. The first kappa shape index (κ1) is 14.4. The van der Waals surface area contributed by atoms with E-state index in [4.69, 9.17) is 4.74 Å². The predicted octanol–water partition coefficient (Wildman–Crippen LogP) is 2.61. The SMILES string of the molecule is COC(=O)c1cnc2c(c1)[nH]c1cc(-c3c(C)nnn3C)ccc12. The van der Waals surface area contributed by atoms with E-state index in [9.17, 15) is 4.79 Å². The number of rotatable bonds is 2. The van der Waals surface area contributed by atoms with Crippen LogP contribution in [-0.4, -0.2) is 38.0 Å². The Balaban J connectivity index is 1.91. The van der Waals surface area contributed by atoms with Crippen LogP contribution in [-0.2, 0) is 11.8 Å². The lowest BCUT2D eigenvalue weighted by molar-refractivity contribution is 0.0600. The van der Waals surface area contributed by atoms with Gasteiger partial charge in [0.15, 0.2) is 0 Å². The molecule has 0 aliphatic heterocycles. The van der Waals surface area contributed by atoms with Gasteiger partial charge in [-0.05, 0) is 25.1 Å². The molecule has 0 aliphatic carbocycles. The van der Waals surface area contributed by atoms with Crippen molar-refractivity contribution in [3.63, 3.8) is 0 Å². The molecule has 0 aliphatic rings. The summed E-state index contributed by atoms with van der Waals surface area (Å²) in [5, 5.41) is 9.14. The number of methoxy groups -OCH3 is 1. The van der Waals surface area contributed by atoms with Crippen LogP contribution in [0, 0.1) is 6.92 Å². The van der Waals surface area contributed by atoms with E-state index in [-0.39, 0.29) is 0 Å². The number of hydrogen-bond donors (Lipinski definition) is 1. The van der Waals surface area contributed by atoms with Crippen molar-refractivity contribution in [3.8, 4) is 11.3 Å². The Morgan fingerprint density at radius 1 is 1.25 bits per heavy atom. The highest BCUT2D eigenvalue weighted by Gasteiger charge is 2.14.